The van der Waals surface area contributed by atoms with Gasteiger partial charge in [-0.3, -0.25) is 14.3 Å². The van der Waals surface area contributed by atoms with Crippen molar-refractivity contribution in [2.45, 2.75) is 43.2 Å². The molecule has 2 aliphatic heterocycles. The molecule has 0 unspecified atom stereocenters. The molecular weight excluding hydrogens is 467 g/mol. The highest BCUT2D eigenvalue weighted by molar-refractivity contribution is 7.93. The van der Waals surface area contributed by atoms with Gasteiger partial charge in [-0.15, -0.1) is 0 Å². The first-order valence-corrected chi connectivity index (χ1v) is 13.1. The van der Waals surface area contributed by atoms with Gasteiger partial charge in [-0.2, -0.15) is 9.47 Å². The number of nitrogens with zero attached hydrogens (tertiary/aromatic N) is 5. The fourth-order valence-corrected chi connectivity index (χ4v) is 6.58. The molecule has 3 aromatic rings. The third-order valence-electron chi connectivity index (χ3n) is 6.45. The standard InChI is InChI=1S/C21H25FN6O3S2/c1-13-4-7-28(18(9-13)17-3-6-24-27(17)2)16-5-8-31-19-11-20(15(22)10-14(16)19)33(29,30)26-21-23-12-25-32-21/h3,6,10-13,16,18H,4-5,7-9H2,1-2H3,(H,23,25,26)/t13-,16+,18+/m0/s1. The first kappa shape index (κ1) is 22.2. The number of fused-ring (bicyclic) bond motifs is 1. The minimum absolute atomic E-state index is 0.0763. The van der Waals surface area contributed by atoms with E-state index in [1.54, 1.807) is 6.20 Å². The minimum Gasteiger partial charge on any atom is -0.493 e. The summed E-state index contributed by atoms with van der Waals surface area (Å²) < 4.78 is 54.5. The second kappa shape index (κ2) is 8.65. The van der Waals surface area contributed by atoms with E-state index in [-0.39, 0.29) is 17.2 Å². The lowest BCUT2D eigenvalue weighted by Gasteiger charge is -2.45. The highest BCUT2D eigenvalue weighted by Crippen LogP contribution is 2.45. The lowest BCUT2D eigenvalue weighted by molar-refractivity contribution is 0.0448. The molecule has 2 aliphatic rings. The van der Waals surface area contributed by atoms with Crippen LogP contribution >= 0.6 is 11.5 Å². The summed E-state index contributed by atoms with van der Waals surface area (Å²) in [6.45, 7) is 3.54. The van der Waals surface area contributed by atoms with Crippen molar-refractivity contribution in [2.24, 2.45) is 13.0 Å². The smallest absolute Gasteiger partial charge is 0.266 e. The van der Waals surface area contributed by atoms with Crippen LogP contribution in [0.25, 0.3) is 0 Å². The van der Waals surface area contributed by atoms with Crippen LogP contribution in [-0.2, 0) is 17.1 Å². The van der Waals surface area contributed by atoms with Gasteiger partial charge in [0, 0.05) is 48.9 Å². The molecule has 176 valence electrons. The number of likely N-dealkylation sites (tertiary alicyclic amines) is 1. The van der Waals surface area contributed by atoms with Crippen LogP contribution in [0.1, 0.15) is 49.5 Å². The molecule has 0 spiro atoms. The summed E-state index contributed by atoms with van der Waals surface area (Å²) >= 11 is 0.880. The molecule has 4 heterocycles. The lowest BCUT2D eigenvalue weighted by Crippen LogP contribution is -2.41. The highest BCUT2D eigenvalue weighted by atomic mass is 32.2. The van der Waals surface area contributed by atoms with Crippen LogP contribution in [0.2, 0.25) is 0 Å². The van der Waals surface area contributed by atoms with E-state index in [9.17, 15) is 8.42 Å². The van der Waals surface area contributed by atoms with Gasteiger partial charge in [-0.1, -0.05) is 6.92 Å². The first-order chi connectivity index (χ1) is 15.8. The number of nitrogens with one attached hydrogen (secondary N) is 1. The highest BCUT2D eigenvalue weighted by Gasteiger charge is 2.38. The molecule has 1 saturated heterocycles. The number of hydrogen-bond acceptors (Lipinski definition) is 8. The minimum atomic E-state index is -4.17. The first-order valence-electron chi connectivity index (χ1n) is 10.8. The number of halogens is 1. The number of piperidine rings is 1. The number of aromatic nitrogens is 4. The third-order valence-corrected chi connectivity index (χ3v) is 8.51. The zero-order chi connectivity index (χ0) is 23.2. The van der Waals surface area contributed by atoms with Crippen LogP contribution in [0.15, 0.2) is 35.6 Å². The fraction of sp³-hybridized carbons (Fsp3) is 0.476. The van der Waals surface area contributed by atoms with Gasteiger partial charge in [0.25, 0.3) is 10.0 Å². The van der Waals surface area contributed by atoms with Gasteiger partial charge in [0.15, 0.2) is 0 Å². The molecule has 0 aliphatic carbocycles. The zero-order valence-corrected chi connectivity index (χ0v) is 19.9. The third kappa shape index (κ3) is 4.22. The van der Waals surface area contributed by atoms with Crippen LogP contribution in [0.3, 0.4) is 0 Å². The Hall–Kier alpha value is -2.57. The summed E-state index contributed by atoms with van der Waals surface area (Å²) in [4.78, 5) is 5.74. The normalized spacial score (nSPS) is 23.7. The number of aryl methyl sites for hydroxylation is 1. The number of benzene rings is 1. The molecule has 3 atom stereocenters. The topological polar surface area (TPSA) is 102 Å². The van der Waals surface area contributed by atoms with E-state index in [1.807, 2.05) is 17.8 Å². The van der Waals surface area contributed by atoms with E-state index >= 15 is 4.39 Å². The van der Waals surface area contributed by atoms with Crippen molar-refractivity contribution in [3.8, 4) is 5.75 Å². The van der Waals surface area contributed by atoms with Crippen molar-refractivity contribution < 1.29 is 17.5 Å². The monoisotopic (exact) mass is 492 g/mol. The average molecular weight is 493 g/mol. The van der Waals surface area contributed by atoms with Crippen LogP contribution in [0.4, 0.5) is 9.52 Å². The van der Waals surface area contributed by atoms with Crippen molar-refractivity contribution in [2.75, 3.05) is 17.9 Å². The Morgan fingerprint density at radius 3 is 2.85 bits per heavy atom. The van der Waals surface area contributed by atoms with Crippen molar-refractivity contribution in [3.05, 3.63) is 47.8 Å². The maximum atomic E-state index is 15.2. The largest absolute Gasteiger partial charge is 0.493 e. The maximum Gasteiger partial charge on any atom is 0.266 e. The van der Waals surface area contributed by atoms with Crippen LogP contribution < -0.4 is 9.46 Å². The van der Waals surface area contributed by atoms with Crippen molar-refractivity contribution in [3.63, 3.8) is 0 Å². The molecule has 0 bridgehead atoms. The lowest BCUT2D eigenvalue weighted by atomic mass is 9.87. The number of hydrogen-bond donors (Lipinski definition) is 1. The predicted molar refractivity (Wildman–Crippen MR) is 121 cm³/mol. The van der Waals surface area contributed by atoms with Gasteiger partial charge < -0.3 is 4.74 Å². The predicted octanol–water partition coefficient (Wildman–Crippen LogP) is 3.51. The second-order valence-corrected chi connectivity index (χ2v) is 11.0. The van der Waals surface area contributed by atoms with E-state index in [0.717, 1.165) is 36.6 Å². The Balaban J connectivity index is 1.50. The zero-order valence-electron chi connectivity index (χ0n) is 18.3. The Morgan fingerprint density at radius 1 is 1.27 bits per heavy atom. The second-order valence-electron chi connectivity index (χ2n) is 8.59. The number of sulfonamides is 1. The quantitative estimate of drug-likeness (QED) is 0.581. The summed E-state index contributed by atoms with van der Waals surface area (Å²) in [6.07, 6.45) is 5.75. The van der Waals surface area contributed by atoms with Crippen molar-refractivity contribution >= 4 is 26.7 Å². The van der Waals surface area contributed by atoms with Crippen LogP contribution in [0, 0.1) is 11.7 Å². The van der Waals surface area contributed by atoms with Crippen molar-refractivity contribution in [1.29, 1.82) is 0 Å². The van der Waals surface area contributed by atoms with Gasteiger partial charge in [0.05, 0.1) is 18.3 Å². The molecule has 33 heavy (non-hydrogen) atoms. The summed E-state index contributed by atoms with van der Waals surface area (Å²) in [6, 6.07) is 4.69. The Bertz CT molecular complexity index is 1250. The summed E-state index contributed by atoms with van der Waals surface area (Å²) in [5, 5.41) is 4.42. The average Bonchev–Trinajstić information content (AvgIpc) is 3.44. The molecule has 0 radical (unpaired) electrons. The number of anilines is 1. The summed E-state index contributed by atoms with van der Waals surface area (Å²) in [5.74, 6) is 0.146. The summed E-state index contributed by atoms with van der Waals surface area (Å²) in [7, 11) is -2.23. The van der Waals surface area contributed by atoms with Crippen molar-refractivity contribution in [1.82, 2.24) is 24.0 Å². The van der Waals surface area contributed by atoms with Gasteiger partial charge in [0.1, 0.15) is 22.8 Å². The molecule has 12 heteroatoms. The molecule has 9 nitrogen and oxygen atoms in total. The van der Waals surface area contributed by atoms with E-state index in [4.69, 9.17) is 4.74 Å². The molecule has 0 amide bonds. The summed E-state index contributed by atoms with van der Waals surface area (Å²) in [5.41, 5.74) is 1.80. The molecular formula is C21H25FN6O3S2. The van der Waals surface area contributed by atoms with E-state index in [2.05, 4.69) is 31.0 Å². The van der Waals surface area contributed by atoms with Crippen LogP contribution in [-0.4, -0.2) is 45.6 Å². The Kier molecular flexibility index (Phi) is 5.83. The molecule has 5 rings (SSSR count). The fourth-order valence-electron chi connectivity index (χ4n) is 4.84. The van der Waals surface area contributed by atoms with Crippen LogP contribution in [0.5, 0.6) is 5.75 Å². The van der Waals surface area contributed by atoms with Gasteiger partial charge in [-0.05, 0) is 37.4 Å². The van der Waals surface area contributed by atoms with Gasteiger partial charge >= 0.3 is 0 Å². The molecule has 1 fully saturated rings. The van der Waals surface area contributed by atoms with Gasteiger partial charge in [-0.25, -0.2) is 17.8 Å². The molecule has 1 N–H and O–H groups in total. The Labute approximate surface area is 195 Å². The van der Waals surface area contributed by atoms with E-state index in [1.165, 1.54) is 18.5 Å². The van der Waals surface area contributed by atoms with E-state index in [0.29, 0.717) is 30.3 Å². The van der Waals surface area contributed by atoms with Gasteiger partial charge in [0.2, 0.25) is 5.13 Å². The molecule has 1 aromatic carbocycles. The molecule has 2 aromatic heterocycles. The number of rotatable bonds is 5. The molecule has 0 saturated carbocycles. The Morgan fingerprint density at radius 2 is 2.12 bits per heavy atom. The maximum absolute atomic E-state index is 15.2. The SMILES string of the molecule is C[C@H]1CCN([C@@H]2CCOc3cc(S(=O)(=O)Nc4ncns4)c(F)cc32)[C@@H](c2ccnn2C)C1. The van der Waals surface area contributed by atoms with E-state index < -0.39 is 20.7 Å². The number of ether oxygens (including phenoxy) is 1.